The third kappa shape index (κ3) is 17.8. The fraction of sp³-hybridized carbons (Fsp3) is 0.440. The molecule has 2 fully saturated rings. The molecule has 12 N–H and O–H groups in total. The van der Waals surface area contributed by atoms with Gasteiger partial charge >= 0.3 is 0 Å². The van der Waals surface area contributed by atoms with Gasteiger partial charge in [-0.2, -0.15) is 0 Å². The maximum Gasteiger partial charge on any atom is 0.170 e. The summed E-state index contributed by atoms with van der Waals surface area (Å²) >= 11 is 0. The van der Waals surface area contributed by atoms with Gasteiger partial charge in [0.15, 0.2) is 11.7 Å². The van der Waals surface area contributed by atoms with Gasteiger partial charge in [-0.25, -0.2) is 0 Å². The van der Waals surface area contributed by atoms with E-state index in [0.29, 0.717) is 30.9 Å². The summed E-state index contributed by atoms with van der Waals surface area (Å²) in [7, 11) is 0. The Kier molecular flexibility index (Phi) is 21.2. The van der Waals surface area contributed by atoms with Crippen molar-refractivity contribution in [3.05, 3.63) is 119 Å². The Morgan fingerprint density at radius 3 is 1.00 bits per heavy atom. The topological polar surface area (TPSA) is 260 Å². The van der Waals surface area contributed by atoms with Crippen molar-refractivity contribution in [1.29, 1.82) is 10.8 Å². The molecule has 16 nitrogen and oxygen atoms in total. The number of nitrogens with two attached hydrogens (primary N) is 4. The van der Waals surface area contributed by atoms with E-state index in [-0.39, 0.29) is 23.3 Å². The molecule has 2 saturated heterocycles. The lowest BCUT2D eigenvalue weighted by molar-refractivity contribution is 0.161. The van der Waals surface area contributed by atoms with Gasteiger partial charge in [0.1, 0.15) is 34.7 Å². The van der Waals surface area contributed by atoms with Gasteiger partial charge in [0.2, 0.25) is 0 Å². The number of hydrogen-bond acceptors (Lipinski definition) is 12. The number of nitrogens with one attached hydrogen (secondary N) is 2. The average molecular weight is 907 g/mol. The SMILES string of the molecule is N/C(=N\O)c1ccc(OCCCC2CCN(CCCOc3ccc(/C(N)=N/O)cc3)CC2)cc1.N=C(N)c1ccc(OCCCC2CCN(CCCOc3ccc(C(=N)N)cc3)CC2)cc1. The quantitative estimate of drug-likeness (QED) is 0.0119. The van der Waals surface area contributed by atoms with Crippen LogP contribution in [0.3, 0.4) is 0 Å². The van der Waals surface area contributed by atoms with Gasteiger partial charge in [0.05, 0.1) is 26.4 Å². The van der Waals surface area contributed by atoms with Crippen LogP contribution in [0.4, 0.5) is 0 Å². The fourth-order valence-electron chi connectivity index (χ4n) is 8.10. The summed E-state index contributed by atoms with van der Waals surface area (Å²) in [4.78, 5) is 5.05. The Labute approximate surface area is 389 Å². The lowest BCUT2D eigenvalue weighted by atomic mass is 9.92. The molecule has 0 atom stereocenters. The second kappa shape index (κ2) is 27.7. The number of nitrogen functional groups attached to an aromatic ring is 2. The van der Waals surface area contributed by atoms with Crippen molar-refractivity contribution in [3.8, 4) is 23.0 Å². The molecule has 0 bridgehead atoms. The average Bonchev–Trinajstić information content (AvgIpc) is 3.35. The number of nitrogens with zero attached hydrogens (tertiary/aromatic N) is 4. The van der Waals surface area contributed by atoms with E-state index in [9.17, 15) is 0 Å². The molecule has 0 unspecified atom stereocenters. The normalized spacial score (nSPS) is 15.3. The Hall–Kier alpha value is -6.52. The first kappa shape index (κ1) is 50.5. The highest BCUT2D eigenvalue weighted by molar-refractivity contribution is 5.97. The third-order valence-electron chi connectivity index (χ3n) is 12.1. The zero-order chi connectivity index (χ0) is 46.9. The molecule has 16 heteroatoms. The standard InChI is InChI=1S/C25H35N5O4.C25H35N5O2/c26-24(28-31)20-4-8-22(9-5-20)33-17-1-3-19-12-15-30(16-13-19)14-2-18-34-23-10-6-21(7-11-23)25(27)29-32;26-24(27)20-4-8-22(9-5-20)31-17-1-3-19-12-15-30(16-13-19)14-2-18-32-23-10-6-21(7-11-23)25(28)29/h4-11,19,31-32H,1-3,12-18H2,(H2,26,28)(H2,27,29);4-11,19H,1-3,12-18H2,(H3,26,27)(H3,28,29). The van der Waals surface area contributed by atoms with E-state index in [1.165, 1.54) is 38.5 Å². The Morgan fingerprint density at radius 2 is 0.727 bits per heavy atom. The minimum atomic E-state index is 0.0768. The van der Waals surface area contributed by atoms with Gasteiger partial charge in [-0.1, -0.05) is 10.3 Å². The lowest BCUT2D eigenvalue weighted by Crippen LogP contribution is -2.35. The summed E-state index contributed by atoms with van der Waals surface area (Å²) in [6, 6.07) is 29.2. The number of oxime groups is 2. The van der Waals surface area contributed by atoms with Gasteiger partial charge in [0, 0.05) is 35.3 Å². The molecule has 2 heterocycles. The Bertz CT molecular complexity index is 1930. The van der Waals surface area contributed by atoms with Crippen molar-refractivity contribution in [1.82, 2.24) is 9.80 Å². The molecule has 356 valence electrons. The largest absolute Gasteiger partial charge is 0.494 e. The predicted molar refractivity (Wildman–Crippen MR) is 261 cm³/mol. The van der Waals surface area contributed by atoms with Crippen LogP contribution in [0.25, 0.3) is 0 Å². The molecule has 4 aromatic carbocycles. The van der Waals surface area contributed by atoms with Crippen LogP contribution in [0.5, 0.6) is 23.0 Å². The van der Waals surface area contributed by atoms with Gasteiger partial charge < -0.3 is 62.1 Å². The number of rotatable bonds is 24. The number of piperidine rings is 2. The van der Waals surface area contributed by atoms with Gasteiger partial charge in [-0.05, 0) is 199 Å². The second-order valence-electron chi connectivity index (χ2n) is 16.9. The van der Waals surface area contributed by atoms with Crippen molar-refractivity contribution < 1.29 is 29.4 Å². The van der Waals surface area contributed by atoms with Crippen molar-refractivity contribution >= 4 is 23.3 Å². The van der Waals surface area contributed by atoms with Crippen LogP contribution in [-0.4, -0.2) is 109 Å². The fourth-order valence-corrected chi connectivity index (χ4v) is 8.10. The molecule has 66 heavy (non-hydrogen) atoms. The summed E-state index contributed by atoms with van der Waals surface area (Å²) in [5.74, 6) is 5.13. The summed E-state index contributed by atoms with van der Waals surface area (Å²) in [5.41, 5.74) is 24.9. The highest BCUT2D eigenvalue weighted by atomic mass is 16.5. The molecule has 2 aliphatic rings. The van der Waals surface area contributed by atoms with Crippen LogP contribution in [0.15, 0.2) is 107 Å². The zero-order valence-corrected chi connectivity index (χ0v) is 38.2. The summed E-state index contributed by atoms with van der Waals surface area (Å²) in [6.07, 6.45) is 11.4. The van der Waals surface area contributed by atoms with E-state index in [2.05, 4.69) is 20.1 Å². The van der Waals surface area contributed by atoms with E-state index in [4.69, 9.17) is 63.1 Å². The van der Waals surface area contributed by atoms with Crippen LogP contribution in [0.1, 0.15) is 86.5 Å². The third-order valence-corrected chi connectivity index (χ3v) is 12.1. The molecule has 0 spiro atoms. The molecule has 0 aromatic heterocycles. The van der Waals surface area contributed by atoms with Gasteiger partial charge in [0.25, 0.3) is 0 Å². The first-order valence-electron chi connectivity index (χ1n) is 23.1. The maximum atomic E-state index is 8.71. The predicted octanol–water partition coefficient (Wildman–Crippen LogP) is 6.81. The molecule has 4 aromatic rings. The lowest BCUT2D eigenvalue weighted by Gasteiger charge is -2.32. The first-order valence-corrected chi connectivity index (χ1v) is 23.1. The summed E-state index contributed by atoms with van der Waals surface area (Å²) in [6.45, 7) is 9.48. The minimum Gasteiger partial charge on any atom is -0.494 e. The Morgan fingerprint density at radius 1 is 0.455 bits per heavy atom. The molecule has 0 aliphatic carbocycles. The molecule has 2 aliphatic heterocycles. The van der Waals surface area contributed by atoms with E-state index < -0.39 is 0 Å². The molecule has 0 amide bonds. The van der Waals surface area contributed by atoms with Crippen molar-refractivity contribution in [2.24, 2.45) is 45.1 Å². The zero-order valence-electron chi connectivity index (χ0n) is 38.2. The van der Waals surface area contributed by atoms with E-state index in [0.717, 1.165) is 118 Å². The van der Waals surface area contributed by atoms with Crippen LogP contribution < -0.4 is 41.9 Å². The van der Waals surface area contributed by atoms with E-state index in [1.807, 2.05) is 72.8 Å². The first-order chi connectivity index (χ1) is 32.1. The smallest absolute Gasteiger partial charge is 0.170 e. The van der Waals surface area contributed by atoms with Crippen LogP contribution in [0.2, 0.25) is 0 Å². The monoisotopic (exact) mass is 907 g/mol. The van der Waals surface area contributed by atoms with Crippen molar-refractivity contribution in [3.63, 3.8) is 0 Å². The minimum absolute atomic E-state index is 0.0768. The van der Waals surface area contributed by atoms with Crippen LogP contribution >= 0.6 is 0 Å². The molecule has 0 saturated carbocycles. The van der Waals surface area contributed by atoms with Crippen molar-refractivity contribution in [2.75, 3.05) is 65.7 Å². The van der Waals surface area contributed by atoms with Crippen LogP contribution in [0, 0.1) is 22.7 Å². The molecular weight excluding hydrogens is 837 g/mol. The highest BCUT2D eigenvalue weighted by Gasteiger charge is 2.20. The number of benzene rings is 4. The molecular formula is C50H70N10O6. The van der Waals surface area contributed by atoms with Crippen molar-refractivity contribution in [2.45, 2.75) is 64.2 Å². The number of amidine groups is 4. The van der Waals surface area contributed by atoms with Crippen LogP contribution in [-0.2, 0) is 0 Å². The van der Waals surface area contributed by atoms with E-state index >= 15 is 0 Å². The van der Waals surface area contributed by atoms with E-state index in [1.54, 1.807) is 24.3 Å². The number of likely N-dealkylation sites (tertiary alicyclic amines) is 2. The van der Waals surface area contributed by atoms with Gasteiger partial charge in [-0.15, -0.1) is 0 Å². The number of ether oxygens (including phenoxy) is 4. The Balaban J connectivity index is 0.000000248. The summed E-state index contributed by atoms with van der Waals surface area (Å²) < 4.78 is 23.3. The molecule has 6 rings (SSSR count). The maximum absolute atomic E-state index is 8.71. The number of hydrogen-bond donors (Lipinski definition) is 8. The second-order valence-corrected chi connectivity index (χ2v) is 16.9. The van der Waals surface area contributed by atoms with Gasteiger partial charge in [-0.3, -0.25) is 10.8 Å². The summed E-state index contributed by atoms with van der Waals surface area (Å²) in [5, 5.41) is 38.2. The molecule has 0 radical (unpaired) electrons. The highest BCUT2D eigenvalue weighted by Crippen LogP contribution is 2.24.